The molecule has 0 bridgehead atoms. The summed E-state index contributed by atoms with van der Waals surface area (Å²) in [5.41, 5.74) is 3.30. The Hall–Kier alpha value is -2.16. The Bertz CT molecular complexity index is 597. The molecule has 0 radical (unpaired) electrons. The zero-order valence-electron chi connectivity index (χ0n) is 11.7. The summed E-state index contributed by atoms with van der Waals surface area (Å²) >= 11 is 0. The van der Waals surface area contributed by atoms with Crippen LogP contribution < -0.4 is 0 Å². The third-order valence-corrected chi connectivity index (χ3v) is 3.83. The van der Waals surface area contributed by atoms with E-state index in [1.54, 1.807) is 0 Å². The maximum atomic E-state index is 10.6. The van der Waals surface area contributed by atoms with Gasteiger partial charge in [0.05, 0.1) is 0 Å². The van der Waals surface area contributed by atoms with Crippen molar-refractivity contribution in [2.45, 2.75) is 18.6 Å². The first-order chi connectivity index (χ1) is 10.3. The van der Waals surface area contributed by atoms with E-state index < -0.39 is 12.2 Å². The highest BCUT2D eigenvalue weighted by Gasteiger charge is 2.25. The molecule has 1 aliphatic carbocycles. The van der Waals surface area contributed by atoms with Gasteiger partial charge in [-0.15, -0.1) is 0 Å². The Morgan fingerprint density at radius 1 is 0.619 bits per heavy atom. The fourth-order valence-corrected chi connectivity index (χ4v) is 2.72. The van der Waals surface area contributed by atoms with E-state index in [4.69, 9.17) is 0 Å². The third-order valence-electron chi connectivity index (χ3n) is 3.83. The molecule has 0 fully saturated rings. The Morgan fingerprint density at radius 2 is 1.00 bits per heavy atom. The second kappa shape index (κ2) is 6.08. The lowest BCUT2D eigenvalue weighted by atomic mass is 9.91. The molecule has 21 heavy (non-hydrogen) atoms. The van der Waals surface area contributed by atoms with Crippen LogP contribution in [0.15, 0.2) is 84.0 Å². The van der Waals surface area contributed by atoms with E-state index in [1.807, 2.05) is 72.8 Å². The molecule has 3 rings (SSSR count). The van der Waals surface area contributed by atoms with Crippen LogP contribution in [0.4, 0.5) is 0 Å². The molecule has 0 unspecified atom stereocenters. The zero-order valence-corrected chi connectivity index (χ0v) is 11.7. The summed E-state index contributed by atoms with van der Waals surface area (Å²) in [7, 11) is 0. The van der Waals surface area contributed by atoms with Crippen molar-refractivity contribution < 1.29 is 10.2 Å². The van der Waals surface area contributed by atoms with E-state index >= 15 is 0 Å². The molecule has 0 saturated heterocycles. The molecule has 2 aromatic carbocycles. The van der Waals surface area contributed by atoms with E-state index in [0.717, 1.165) is 28.7 Å². The van der Waals surface area contributed by atoms with Gasteiger partial charge in [0.1, 0.15) is 12.2 Å². The van der Waals surface area contributed by atoms with Crippen LogP contribution in [0.1, 0.15) is 29.8 Å². The minimum absolute atomic E-state index is 0.696. The van der Waals surface area contributed by atoms with Gasteiger partial charge in [0, 0.05) is 0 Å². The van der Waals surface area contributed by atoms with Gasteiger partial charge in [-0.3, -0.25) is 0 Å². The quantitative estimate of drug-likeness (QED) is 0.895. The van der Waals surface area contributed by atoms with Gasteiger partial charge in [0.2, 0.25) is 0 Å². The summed E-state index contributed by atoms with van der Waals surface area (Å²) in [6.45, 7) is 0. The van der Waals surface area contributed by atoms with Gasteiger partial charge >= 0.3 is 0 Å². The lowest BCUT2D eigenvalue weighted by molar-refractivity contribution is 0.192. The Labute approximate surface area is 124 Å². The minimum atomic E-state index is -0.696. The van der Waals surface area contributed by atoms with Crippen LogP contribution in [0.2, 0.25) is 0 Å². The third kappa shape index (κ3) is 2.82. The van der Waals surface area contributed by atoms with E-state index in [0.29, 0.717) is 0 Å². The molecule has 2 N–H and O–H groups in total. The van der Waals surface area contributed by atoms with Crippen LogP contribution in [-0.4, -0.2) is 10.2 Å². The molecule has 0 heterocycles. The van der Waals surface area contributed by atoms with E-state index in [1.165, 1.54) is 0 Å². The largest absolute Gasteiger partial charge is 0.384 e. The smallest absolute Gasteiger partial charge is 0.104 e. The standard InChI is InChI=1S/C19H18O2/c20-18(14-8-3-1-4-9-14)16-12-7-13-17(16)19(21)15-10-5-2-6-11-15/h1-6,8-13,18-21H,7H2/t18-,19-/m1/s1. The fourth-order valence-electron chi connectivity index (χ4n) is 2.72. The Kier molecular flexibility index (Phi) is 4.00. The van der Waals surface area contributed by atoms with Crippen LogP contribution in [0.5, 0.6) is 0 Å². The van der Waals surface area contributed by atoms with Gasteiger partial charge < -0.3 is 10.2 Å². The van der Waals surface area contributed by atoms with Gasteiger partial charge in [-0.1, -0.05) is 72.8 Å². The van der Waals surface area contributed by atoms with Crippen molar-refractivity contribution >= 4 is 0 Å². The topological polar surface area (TPSA) is 40.5 Å². The Balaban J connectivity index is 1.86. The number of rotatable bonds is 4. The lowest BCUT2D eigenvalue weighted by Gasteiger charge is -2.20. The maximum absolute atomic E-state index is 10.6. The highest BCUT2D eigenvalue weighted by atomic mass is 16.3. The molecule has 2 aromatic rings. The number of aliphatic hydroxyl groups is 2. The number of benzene rings is 2. The summed E-state index contributed by atoms with van der Waals surface area (Å²) in [6, 6.07) is 19.1. The fraction of sp³-hybridized carbons (Fsp3) is 0.158. The van der Waals surface area contributed by atoms with Crippen LogP contribution >= 0.6 is 0 Å². The molecule has 2 atom stereocenters. The SMILES string of the molecule is O[C@@H](C1=CCC=C1[C@H](O)c1ccccc1)c1ccccc1. The molecule has 0 aliphatic heterocycles. The van der Waals surface area contributed by atoms with E-state index in [-0.39, 0.29) is 0 Å². The number of hydrogen-bond acceptors (Lipinski definition) is 2. The van der Waals surface area contributed by atoms with Crippen molar-refractivity contribution in [3.63, 3.8) is 0 Å². The molecule has 2 nitrogen and oxygen atoms in total. The van der Waals surface area contributed by atoms with Gasteiger partial charge in [0.25, 0.3) is 0 Å². The van der Waals surface area contributed by atoms with Gasteiger partial charge in [-0.2, -0.15) is 0 Å². The molecule has 0 spiro atoms. The molecular formula is C19H18O2. The van der Waals surface area contributed by atoms with Crippen molar-refractivity contribution in [1.29, 1.82) is 0 Å². The number of allylic oxidation sites excluding steroid dienone is 2. The molecule has 1 aliphatic rings. The average molecular weight is 278 g/mol. The maximum Gasteiger partial charge on any atom is 0.104 e. The van der Waals surface area contributed by atoms with E-state index in [9.17, 15) is 10.2 Å². The summed E-state index contributed by atoms with van der Waals surface area (Å²) in [5.74, 6) is 0. The van der Waals surface area contributed by atoms with Gasteiger partial charge in [-0.25, -0.2) is 0 Å². The van der Waals surface area contributed by atoms with Crippen molar-refractivity contribution in [1.82, 2.24) is 0 Å². The predicted molar refractivity (Wildman–Crippen MR) is 83.6 cm³/mol. The van der Waals surface area contributed by atoms with Crippen LogP contribution in [-0.2, 0) is 0 Å². The second-order valence-electron chi connectivity index (χ2n) is 5.18. The van der Waals surface area contributed by atoms with Crippen LogP contribution in [0.3, 0.4) is 0 Å². The van der Waals surface area contributed by atoms with Crippen molar-refractivity contribution in [3.8, 4) is 0 Å². The highest BCUT2D eigenvalue weighted by Crippen LogP contribution is 2.38. The molecule has 2 heteroatoms. The summed E-state index contributed by atoms with van der Waals surface area (Å²) < 4.78 is 0. The van der Waals surface area contributed by atoms with Crippen molar-refractivity contribution in [2.75, 3.05) is 0 Å². The van der Waals surface area contributed by atoms with Crippen LogP contribution in [0, 0.1) is 0 Å². The second-order valence-corrected chi connectivity index (χ2v) is 5.18. The monoisotopic (exact) mass is 278 g/mol. The van der Waals surface area contributed by atoms with Crippen molar-refractivity contribution in [2.24, 2.45) is 0 Å². The summed E-state index contributed by atoms with van der Waals surface area (Å²) in [5, 5.41) is 21.1. The highest BCUT2D eigenvalue weighted by molar-refractivity contribution is 5.47. The molecule has 0 aromatic heterocycles. The Morgan fingerprint density at radius 3 is 1.38 bits per heavy atom. The zero-order chi connectivity index (χ0) is 14.7. The predicted octanol–water partition coefficient (Wildman–Crippen LogP) is 3.71. The average Bonchev–Trinajstić information content (AvgIpc) is 3.04. The minimum Gasteiger partial charge on any atom is -0.384 e. The van der Waals surface area contributed by atoms with Gasteiger partial charge in [-0.05, 0) is 28.7 Å². The summed E-state index contributed by atoms with van der Waals surface area (Å²) in [4.78, 5) is 0. The lowest BCUT2D eigenvalue weighted by Crippen LogP contribution is -2.09. The number of aliphatic hydroxyl groups excluding tert-OH is 2. The van der Waals surface area contributed by atoms with Crippen molar-refractivity contribution in [3.05, 3.63) is 95.1 Å². The molecular weight excluding hydrogens is 260 g/mol. The first kappa shape index (κ1) is 13.8. The number of hydrogen-bond donors (Lipinski definition) is 2. The first-order valence-electron chi connectivity index (χ1n) is 7.14. The molecule has 106 valence electrons. The molecule has 0 amide bonds. The first-order valence-corrected chi connectivity index (χ1v) is 7.14. The van der Waals surface area contributed by atoms with E-state index in [2.05, 4.69) is 0 Å². The summed E-state index contributed by atoms with van der Waals surface area (Å²) in [6.07, 6.45) is 3.33. The van der Waals surface area contributed by atoms with Gasteiger partial charge in [0.15, 0.2) is 0 Å². The normalized spacial score (nSPS) is 17.0. The molecule has 0 saturated carbocycles. The van der Waals surface area contributed by atoms with Crippen LogP contribution in [0.25, 0.3) is 0 Å².